The molecule has 1 aliphatic rings. The Morgan fingerprint density at radius 2 is 1.94 bits per heavy atom. The van der Waals surface area contributed by atoms with Crippen LogP contribution in [0.5, 0.6) is 0 Å². The first-order valence-electron chi connectivity index (χ1n) is 10.0. The Kier molecular flexibility index (Phi) is 8.45. The van der Waals surface area contributed by atoms with Gasteiger partial charge in [0.15, 0.2) is 8.32 Å². The molecule has 1 fully saturated rings. The molecular formula is C20H30F2N2O5SSi. The number of thioether (sulfide) groups is 1. The fourth-order valence-corrected chi connectivity index (χ4v) is 5.10. The number of nitro benzene ring substituents is 1. The van der Waals surface area contributed by atoms with Gasteiger partial charge in [-0.15, -0.1) is 0 Å². The molecule has 1 heterocycles. The van der Waals surface area contributed by atoms with E-state index in [2.05, 4.69) is 33.9 Å². The van der Waals surface area contributed by atoms with Crippen molar-refractivity contribution in [1.82, 2.24) is 4.90 Å². The molecule has 1 saturated heterocycles. The lowest BCUT2D eigenvalue weighted by atomic mass is 10.2. The number of rotatable bonds is 8. The van der Waals surface area contributed by atoms with Crippen molar-refractivity contribution in [1.29, 1.82) is 0 Å². The maximum absolute atomic E-state index is 12.8. The summed E-state index contributed by atoms with van der Waals surface area (Å²) in [5, 5.41) is 10.7. The molecule has 0 aromatic heterocycles. The molecule has 0 bridgehead atoms. The number of alkyl halides is 2. The van der Waals surface area contributed by atoms with Crippen molar-refractivity contribution in [3.05, 3.63) is 39.9 Å². The number of carbonyl (C=O) groups is 1. The minimum Gasteiger partial charge on any atom is -0.445 e. The van der Waals surface area contributed by atoms with E-state index in [9.17, 15) is 23.7 Å². The molecule has 1 aromatic carbocycles. The van der Waals surface area contributed by atoms with Crippen LogP contribution in [0.15, 0.2) is 24.3 Å². The van der Waals surface area contributed by atoms with Gasteiger partial charge in [0.25, 0.3) is 11.4 Å². The van der Waals surface area contributed by atoms with Gasteiger partial charge in [-0.25, -0.2) is 4.79 Å². The van der Waals surface area contributed by atoms with Crippen LogP contribution in [-0.2, 0) is 15.8 Å². The first-order chi connectivity index (χ1) is 14.3. The molecule has 0 aliphatic carbocycles. The summed E-state index contributed by atoms with van der Waals surface area (Å²) in [5.41, 5.74) is 0.551. The van der Waals surface area contributed by atoms with E-state index in [1.165, 1.54) is 29.2 Å². The minimum atomic E-state index is -2.52. The first-order valence-corrected chi connectivity index (χ1v) is 14.0. The maximum Gasteiger partial charge on any atom is 0.410 e. The van der Waals surface area contributed by atoms with Crippen LogP contribution in [-0.4, -0.2) is 54.4 Å². The topological polar surface area (TPSA) is 81.9 Å². The quantitative estimate of drug-likeness (QED) is 0.274. The molecule has 7 nitrogen and oxygen atoms in total. The number of nitrogens with zero attached hydrogens (tertiary/aromatic N) is 2. The Morgan fingerprint density at radius 3 is 2.45 bits per heavy atom. The van der Waals surface area contributed by atoms with Gasteiger partial charge in [-0.05, 0) is 42.2 Å². The fourth-order valence-electron chi connectivity index (χ4n) is 3.06. The number of hydrogen-bond donors (Lipinski definition) is 0. The Morgan fingerprint density at radius 1 is 1.32 bits per heavy atom. The average Bonchev–Trinajstić information content (AvgIpc) is 3.06. The predicted molar refractivity (Wildman–Crippen MR) is 119 cm³/mol. The Labute approximate surface area is 186 Å². The summed E-state index contributed by atoms with van der Waals surface area (Å²) < 4.78 is 37.3. The van der Waals surface area contributed by atoms with E-state index in [0.29, 0.717) is 30.3 Å². The third-order valence-electron chi connectivity index (χ3n) is 5.80. The highest BCUT2D eigenvalue weighted by Crippen LogP contribution is 2.39. The summed E-state index contributed by atoms with van der Waals surface area (Å²) in [6.07, 6.45) is -0.339. The number of likely N-dealkylation sites (tertiary alicyclic amines) is 1. The van der Waals surface area contributed by atoms with Gasteiger partial charge in [0.1, 0.15) is 6.61 Å². The number of hydrogen-bond acceptors (Lipinski definition) is 6. The highest BCUT2D eigenvalue weighted by Gasteiger charge is 2.44. The van der Waals surface area contributed by atoms with Crippen molar-refractivity contribution in [2.75, 3.05) is 12.3 Å². The van der Waals surface area contributed by atoms with E-state index in [1.807, 2.05) is 0 Å². The predicted octanol–water partition coefficient (Wildman–Crippen LogP) is 5.65. The molecule has 1 aliphatic heterocycles. The summed E-state index contributed by atoms with van der Waals surface area (Å²) >= 11 is 0.503. The van der Waals surface area contributed by atoms with Gasteiger partial charge in [0.2, 0.25) is 0 Å². The Hall–Kier alpha value is -1.72. The molecule has 1 aromatic rings. The SMILES string of the molecule is CC(C)(C)[Si](C)(C)O[C@@H]1C[C@@H](CSC(F)F)N(C(=O)OCc2ccc([N+](=O)[O-])cc2)C1. The third kappa shape index (κ3) is 7.14. The van der Waals surface area contributed by atoms with Gasteiger partial charge in [-0.1, -0.05) is 32.5 Å². The minimum absolute atomic E-state index is 0.00985. The number of nitro groups is 1. The Balaban J connectivity index is 2.03. The van der Waals surface area contributed by atoms with E-state index in [1.54, 1.807) is 0 Å². The highest BCUT2D eigenvalue weighted by molar-refractivity contribution is 7.99. The van der Waals surface area contributed by atoms with E-state index in [4.69, 9.17) is 9.16 Å². The highest BCUT2D eigenvalue weighted by atomic mass is 32.2. The van der Waals surface area contributed by atoms with Gasteiger partial charge in [0, 0.05) is 30.5 Å². The largest absolute Gasteiger partial charge is 0.445 e. The second-order valence-corrected chi connectivity index (χ2v) is 14.9. The standard InChI is InChI=1S/C20H30F2N2O5SSi/c1-20(2,3)31(4,5)29-17-10-16(13-30-18(21)22)23(11-17)19(25)28-12-14-6-8-15(9-7-14)24(26)27/h6-9,16-18H,10-13H2,1-5H3/t16-,17+/m0/s1. The molecule has 11 heteroatoms. The van der Waals surface area contributed by atoms with Crippen molar-refractivity contribution in [3.8, 4) is 0 Å². The molecule has 174 valence electrons. The number of ether oxygens (including phenoxy) is 1. The van der Waals surface area contributed by atoms with Crippen molar-refractivity contribution in [2.24, 2.45) is 0 Å². The summed E-state index contributed by atoms with van der Waals surface area (Å²) in [5.74, 6) is -2.42. The van der Waals surface area contributed by atoms with Crippen LogP contribution in [0.25, 0.3) is 0 Å². The molecule has 31 heavy (non-hydrogen) atoms. The van der Waals surface area contributed by atoms with E-state index >= 15 is 0 Å². The van der Waals surface area contributed by atoms with Crippen molar-refractivity contribution >= 4 is 31.9 Å². The Bertz CT molecular complexity index is 774. The monoisotopic (exact) mass is 476 g/mol. The number of non-ortho nitro benzene ring substituents is 1. The molecule has 0 spiro atoms. The molecule has 0 radical (unpaired) electrons. The normalized spacial score (nSPS) is 19.7. The molecule has 1 amide bonds. The second-order valence-electron chi connectivity index (χ2n) is 9.11. The van der Waals surface area contributed by atoms with E-state index in [-0.39, 0.29) is 29.2 Å². The van der Waals surface area contributed by atoms with Crippen LogP contribution >= 0.6 is 11.8 Å². The van der Waals surface area contributed by atoms with E-state index < -0.39 is 31.1 Å². The van der Waals surface area contributed by atoms with Crippen LogP contribution in [0, 0.1) is 10.1 Å². The average molecular weight is 477 g/mol. The first kappa shape index (κ1) is 25.5. The number of halogens is 2. The smallest absolute Gasteiger partial charge is 0.410 e. The lowest BCUT2D eigenvalue weighted by Crippen LogP contribution is -2.44. The third-order valence-corrected chi connectivity index (χ3v) is 11.2. The summed E-state index contributed by atoms with van der Waals surface area (Å²) in [6.45, 7) is 10.8. The van der Waals surface area contributed by atoms with Crippen LogP contribution in [0.3, 0.4) is 0 Å². The van der Waals surface area contributed by atoms with Gasteiger partial charge in [0.05, 0.1) is 11.0 Å². The number of carbonyl (C=O) groups excluding carboxylic acids is 1. The zero-order valence-electron chi connectivity index (χ0n) is 18.5. The van der Waals surface area contributed by atoms with Crippen molar-refractivity contribution < 1.29 is 27.7 Å². The van der Waals surface area contributed by atoms with Gasteiger partial charge < -0.3 is 14.1 Å². The molecule has 0 N–H and O–H groups in total. The van der Waals surface area contributed by atoms with Crippen LogP contribution in [0.1, 0.15) is 32.8 Å². The zero-order valence-corrected chi connectivity index (χ0v) is 20.3. The summed E-state index contributed by atoms with van der Waals surface area (Å²) in [6, 6.07) is 5.30. The zero-order chi connectivity index (χ0) is 23.4. The van der Waals surface area contributed by atoms with Crippen molar-refractivity contribution in [2.45, 2.75) is 69.8 Å². The van der Waals surface area contributed by atoms with Crippen molar-refractivity contribution in [3.63, 3.8) is 0 Å². The molecule has 0 unspecified atom stereocenters. The van der Waals surface area contributed by atoms with Crippen LogP contribution < -0.4 is 0 Å². The van der Waals surface area contributed by atoms with Crippen LogP contribution in [0.2, 0.25) is 18.1 Å². The summed E-state index contributed by atoms with van der Waals surface area (Å²) in [4.78, 5) is 24.4. The van der Waals surface area contributed by atoms with Gasteiger partial charge >= 0.3 is 6.09 Å². The van der Waals surface area contributed by atoms with E-state index in [0.717, 1.165) is 0 Å². The lowest BCUT2D eigenvalue weighted by Gasteiger charge is -2.38. The maximum atomic E-state index is 12.8. The molecular weight excluding hydrogens is 446 g/mol. The molecule has 0 saturated carbocycles. The van der Waals surface area contributed by atoms with Gasteiger partial charge in [-0.2, -0.15) is 8.78 Å². The summed E-state index contributed by atoms with van der Waals surface area (Å²) in [7, 11) is -2.08. The molecule has 2 rings (SSSR count). The lowest BCUT2D eigenvalue weighted by molar-refractivity contribution is -0.384. The number of amides is 1. The molecule has 2 atom stereocenters. The second kappa shape index (κ2) is 10.3. The van der Waals surface area contributed by atoms with Gasteiger partial charge in [-0.3, -0.25) is 10.1 Å². The van der Waals surface area contributed by atoms with Crippen LogP contribution in [0.4, 0.5) is 19.3 Å². The fraction of sp³-hybridized carbons (Fsp3) is 0.650. The number of benzene rings is 1.